The van der Waals surface area contributed by atoms with Crippen molar-refractivity contribution >= 4 is 0 Å². The Morgan fingerprint density at radius 3 is 2.42 bits per heavy atom. The molecule has 0 aliphatic heterocycles. The van der Waals surface area contributed by atoms with Crippen molar-refractivity contribution in [1.29, 1.82) is 0 Å². The van der Waals surface area contributed by atoms with Crippen LogP contribution in [0.25, 0.3) is 0 Å². The van der Waals surface area contributed by atoms with Crippen LogP contribution in [0.2, 0.25) is 0 Å². The SMILES string of the molecule is CN(C)CCNC(CO)CCO. The second-order valence-electron chi connectivity index (χ2n) is 3.15. The van der Waals surface area contributed by atoms with Crippen molar-refractivity contribution in [2.24, 2.45) is 0 Å². The number of rotatable bonds is 7. The van der Waals surface area contributed by atoms with E-state index in [1.807, 2.05) is 14.1 Å². The molecule has 0 heterocycles. The lowest BCUT2D eigenvalue weighted by Crippen LogP contribution is -2.37. The fourth-order valence-electron chi connectivity index (χ4n) is 0.906. The van der Waals surface area contributed by atoms with Gasteiger partial charge in [0.1, 0.15) is 0 Å². The number of aliphatic hydroxyl groups is 2. The van der Waals surface area contributed by atoms with Gasteiger partial charge in [-0.25, -0.2) is 0 Å². The molecule has 1 unspecified atom stereocenters. The van der Waals surface area contributed by atoms with Gasteiger partial charge in [0.15, 0.2) is 0 Å². The van der Waals surface area contributed by atoms with Crippen LogP contribution >= 0.6 is 0 Å². The molecule has 1 atom stereocenters. The van der Waals surface area contributed by atoms with Gasteiger partial charge in [-0.15, -0.1) is 0 Å². The van der Waals surface area contributed by atoms with E-state index in [2.05, 4.69) is 10.2 Å². The van der Waals surface area contributed by atoms with Gasteiger partial charge in [0.25, 0.3) is 0 Å². The normalized spacial score (nSPS) is 13.8. The quantitative estimate of drug-likeness (QED) is 0.460. The average Bonchev–Trinajstić information content (AvgIpc) is 2.02. The molecule has 0 aliphatic carbocycles. The first-order valence-corrected chi connectivity index (χ1v) is 4.30. The van der Waals surface area contributed by atoms with Crippen LogP contribution in [0.5, 0.6) is 0 Å². The van der Waals surface area contributed by atoms with Crippen molar-refractivity contribution < 1.29 is 10.2 Å². The van der Waals surface area contributed by atoms with Crippen molar-refractivity contribution in [2.45, 2.75) is 12.5 Å². The van der Waals surface area contributed by atoms with E-state index < -0.39 is 0 Å². The minimum atomic E-state index is 0.0370. The molecule has 0 aromatic heterocycles. The Morgan fingerprint density at radius 2 is 2.00 bits per heavy atom. The summed E-state index contributed by atoms with van der Waals surface area (Å²) in [5, 5.41) is 20.6. The van der Waals surface area contributed by atoms with Gasteiger partial charge in [-0.05, 0) is 20.5 Å². The third-order valence-electron chi connectivity index (χ3n) is 1.69. The molecule has 0 aliphatic rings. The first-order valence-electron chi connectivity index (χ1n) is 4.30. The highest BCUT2D eigenvalue weighted by Gasteiger charge is 2.04. The van der Waals surface area contributed by atoms with E-state index in [4.69, 9.17) is 10.2 Å². The van der Waals surface area contributed by atoms with Crippen molar-refractivity contribution in [3.05, 3.63) is 0 Å². The Labute approximate surface area is 74.2 Å². The van der Waals surface area contributed by atoms with E-state index in [1.54, 1.807) is 0 Å². The van der Waals surface area contributed by atoms with Gasteiger partial charge in [0.2, 0.25) is 0 Å². The molecule has 3 N–H and O–H groups in total. The van der Waals surface area contributed by atoms with Gasteiger partial charge in [-0.3, -0.25) is 0 Å². The number of hydrogen-bond donors (Lipinski definition) is 3. The summed E-state index contributed by atoms with van der Waals surface area (Å²) in [6.07, 6.45) is 0.615. The van der Waals surface area contributed by atoms with E-state index in [1.165, 1.54) is 0 Å². The van der Waals surface area contributed by atoms with Crippen LogP contribution < -0.4 is 5.32 Å². The highest BCUT2D eigenvalue weighted by molar-refractivity contribution is 4.64. The van der Waals surface area contributed by atoms with Crippen LogP contribution in [0.15, 0.2) is 0 Å². The maximum atomic E-state index is 8.84. The smallest absolute Gasteiger partial charge is 0.0585 e. The first-order chi connectivity index (χ1) is 5.70. The fourth-order valence-corrected chi connectivity index (χ4v) is 0.906. The van der Waals surface area contributed by atoms with E-state index >= 15 is 0 Å². The van der Waals surface area contributed by atoms with Crippen molar-refractivity contribution in [3.63, 3.8) is 0 Å². The lowest BCUT2D eigenvalue weighted by Gasteiger charge is -2.16. The summed E-state index contributed by atoms with van der Waals surface area (Å²) in [6.45, 7) is 2.01. The number of aliphatic hydroxyl groups excluding tert-OH is 2. The van der Waals surface area contributed by atoms with Crippen LogP contribution in [0.4, 0.5) is 0 Å². The van der Waals surface area contributed by atoms with Gasteiger partial charge in [0.05, 0.1) is 6.61 Å². The van der Waals surface area contributed by atoms with E-state index in [0.29, 0.717) is 6.42 Å². The van der Waals surface area contributed by atoms with Gasteiger partial charge in [-0.1, -0.05) is 0 Å². The van der Waals surface area contributed by atoms with Crippen molar-refractivity contribution in [2.75, 3.05) is 40.4 Å². The second-order valence-corrected chi connectivity index (χ2v) is 3.15. The number of likely N-dealkylation sites (N-methyl/N-ethyl adjacent to an activating group) is 1. The summed E-state index contributed by atoms with van der Waals surface area (Å²) in [6, 6.07) is 0.0370. The fraction of sp³-hybridized carbons (Fsp3) is 1.00. The zero-order valence-electron chi connectivity index (χ0n) is 7.95. The molecule has 0 rings (SSSR count). The Balaban J connectivity index is 3.31. The van der Waals surface area contributed by atoms with Crippen LogP contribution in [-0.4, -0.2) is 61.6 Å². The molecule has 0 aromatic rings. The third kappa shape index (κ3) is 6.54. The Kier molecular flexibility index (Phi) is 7.39. The molecule has 4 heteroatoms. The maximum Gasteiger partial charge on any atom is 0.0585 e. The highest BCUT2D eigenvalue weighted by Crippen LogP contribution is 1.88. The molecule has 0 saturated carbocycles. The lowest BCUT2D eigenvalue weighted by atomic mass is 10.2. The second kappa shape index (κ2) is 7.49. The van der Waals surface area contributed by atoms with Crippen molar-refractivity contribution in [3.8, 4) is 0 Å². The molecular formula is C8H20N2O2. The van der Waals surface area contributed by atoms with Crippen LogP contribution in [0.1, 0.15) is 6.42 Å². The molecule has 0 saturated heterocycles. The third-order valence-corrected chi connectivity index (χ3v) is 1.69. The molecule has 0 amide bonds. The summed E-state index contributed by atoms with van der Waals surface area (Å²) in [7, 11) is 4.00. The van der Waals surface area contributed by atoms with Crippen LogP contribution in [-0.2, 0) is 0 Å². The highest BCUT2D eigenvalue weighted by atomic mass is 16.3. The predicted molar refractivity (Wildman–Crippen MR) is 49.1 cm³/mol. The largest absolute Gasteiger partial charge is 0.396 e. The van der Waals surface area contributed by atoms with Crippen LogP contribution in [0.3, 0.4) is 0 Å². The predicted octanol–water partition coefficient (Wildman–Crippen LogP) is -1.12. The van der Waals surface area contributed by atoms with Gasteiger partial charge in [-0.2, -0.15) is 0 Å². The van der Waals surface area contributed by atoms with E-state index in [0.717, 1.165) is 13.1 Å². The van der Waals surface area contributed by atoms with Gasteiger partial charge >= 0.3 is 0 Å². The summed E-state index contributed by atoms with van der Waals surface area (Å²) in [4.78, 5) is 2.07. The van der Waals surface area contributed by atoms with Crippen LogP contribution in [0, 0.1) is 0 Å². The topological polar surface area (TPSA) is 55.7 Å². The summed E-state index contributed by atoms with van der Waals surface area (Å²) in [5.41, 5.74) is 0. The molecular weight excluding hydrogens is 156 g/mol. The summed E-state index contributed by atoms with van der Waals surface area (Å²) < 4.78 is 0. The summed E-state index contributed by atoms with van der Waals surface area (Å²) in [5.74, 6) is 0. The Morgan fingerprint density at radius 1 is 1.33 bits per heavy atom. The molecule has 4 nitrogen and oxygen atoms in total. The molecule has 0 fully saturated rings. The molecule has 0 spiro atoms. The molecule has 12 heavy (non-hydrogen) atoms. The lowest BCUT2D eigenvalue weighted by molar-refractivity contribution is 0.198. The zero-order valence-corrected chi connectivity index (χ0v) is 7.95. The molecule has 0 bridgehead atoms. The summed E-state index contributed by atoms with van der Waals surface area (Å²) >= 11 is 0. The molecule has 0 aromatic carbocycles. The molecule has 0 radical (unpaired) electrons. The maximum absolute atomic E-state index is 8.84. The average molecular weight is 176 g/mol. The Bertz CT molecular complexity index is 99.1. The monoisotopic (exact) mass is 176 g/mol. The Hall–Kier alpha value is -0.160. The van der Waals surface area contributed by atoms with Gasteiger partial charge < -0.3 is 20.4 Å². The number of nitrogens with zero attached hydrogens (tertiary/aromatic N) is 1. The first kappa shape index (κ1) is 11.8. The standard InChI is InChI=1S/C8H20N2O2/c1-10(2)5-4-9-8(7-12)3-6-11/h8-9,11-12H,3-7H2,1-2H3. The number of hydrogen-bond acceptors (Lipinski definition) is 4. The minimum absolute atomic E-state index is 0.0370. The van der Waals surface area contributed by atoms with Crippen molar-refractivity contribution in [1.82, 2.24) is 10.2 Å². The zero-order chi connectivity index (χ0) is 9.40. The minimum Gasteiger partial charge on any atom is -0.396 e. The van der Waals surface area contributed by atoms with Gasteiger partial charge in [0, 0.05) is 25.7 Å². The van der Waals surface area contributed by atoms with E-state index in [9.17, 15) is 0 Å². The molecule has 74 valence electrons. The number of nitrogens with one attached hydrogen (secondary N) is 1. The van der Waals surface area contributed by atoms with E-state index in [-0.39, 0.29) is 19.3 Å².